The van der Waals surface area contributed by atoms with Gasteiger partial charge in [0, 0.05) is 31.9 Å². The van der Waals surface area contributed by atoms with Crippen molar-refractivity contribution in [3.63, 3.8) is 0 Å². The number of aryl methyl sites for hydroxylation is 2. The Bertz CT molecular complexity index is 922. The second-order valence-electron chi connectivity index (χ2n) is 7.03. The predicted molar refractivity (Wildman–Crippen MR) is 114 cm³/mol. The molecule has 1 aliphatic heterocycles. The van der Waals surface area contributed by atoms with E-state index < -0.39 is 10.0 Å². The van der Waals surface area contributed by atoms with Gasteiger partial charge in [0.25, 0.3) is 0 Å². The molecule has 1 amide bonds. The maximum atomic E-state index is 12.9. The van der Waals surface area contributed by atoms with Gasteiger partial charge < -0.3 is 4.90 Å². The molecule has 0 radical (unpaired) electrons. The molecular weight excluding hydrogens is 392 g/mol. The zero-order chi connectivity index (χ0) is 20.1. The average molecular weight is 419 g/mol. The standard InChI is InChI=1S/C21H26N2O3S2/c1-17-8-9-20(18(2)14-17)28(25,26)23-12-10-22(11-13-23)21(24)16-27-15-19-6-4-3-5-7-19/h3-9,14H,10-13,15-16H2,1-2H3. The van der Waals surface area contributed by atoms with Crippen LogP contribution in [0.2, 0.25) is 0 Å². The number of rotatable bonds is 6. The Labute approximate surface area is 171 Å². The molecule has 0 bridgehead atoms. The molecular formula is C21H26N2O3S2. The number of sulfonamides is 1. The van der Waals surface area contributed by atoms with Gasteiger partial charge in [-0.15, -0.1) is 11.8 Å². The summed E-state index contributed by atoms with van der Waals surface area (Å²) in [5.41, 5.74) is 3.00. The van der Waals surface area contributed by atoms with Crippen LogP contribution in [-0.4, -0.2) is 55.5 Å². The van der Waals surface area contributed by atoms with Crippen molar-refractivity contribution in [2.75, 3.05) is 31.9 Å². The van der Waals surface area contributed by atoms with E-state index in [1.165, 1.54) is 9.87 Å². The lowest BCUT2D eigenvalue weighted by Crippen LogP contribution is -2.51. The quantitative estimate of drug-likeness (QED) is 0.723. The van der Waals surface area contributed by atoms with Crippen molar-refractivity contribution in [3.8, 4) is 0 Å². The molecule has 2 aromatic rings. The highest BCUT2D eigenvalue weighted by Gasteiger charge is 2.30. The molecule has 0 saturated carbocycles. The van der Waals surface area contributed by atoms with E-state index in [1.807, 2.05) is 56.3 Å². The number of piperazine rings is 1. The largest absolute Gasteiger partial charge is 0.339 e. The molecule has 1 heterocycles. The molecule has 0 spiro atoms. The first-order valence-electron chi connectivity index (χ1n) is 9.35. The van der Waals surface area contributed by atoms with Crippen molar-refractivity contribution in [1.29, 1.82) is 0 Å². The first-order valence-corrected chi connectivity index (χ1v) is 11.9. The molecule has 28 heavy (non-hydrogen) atoms. The fraction of sp³-hybridized carbons (Fsp3) is 0.381. The lowest BCUT2D eigenvalue weighted by molar-refractivity contribution is -0.129. The fourth-order valence-electron chi connectivity index (χ4n) is 3.33. The molecule has 0 aromatic heterocycles. The Kier molecular flexibility index (Phi) is 6.80. The number of nitrogens with zero attached hydrogens (tertiary/aromatic N) is 2. The van der Waals surface area contributed by atoms with Gasteiger partial charge in [-0.25, -0.2) is 8.42 Å². The van der Waals surface area contributed by atoms with Crippen molar-refractivity contribution in [3.05, 3.63) is 65.2 Å². The van der Waals surface area contributed by atoms with Gasteiger partial charge in [-0.05, 0) is 31.0 Å². The van der Waals surface area contributed by atoms with Crippen LogP contribution in [0.15, 0.2) is 53.4 Å². The zero-order valence-corrected chi connectivity index (χ0v) is 17.9. The molecule has 2 aromatic carbocycles. The van der Waals surface area contributed by atoms with E-state index >= 15 is 0 Å². The van der Waals surface area contributed by atoms with Crippen molar-refractivity contribution in [2.24, 2.45) is 0 Å². The number of amides is 1. The summed E-state index contributed by atoms with van der Waals surface area (Å²) >= 11 is 1.59. The van der Waals surface area contributed by atoms with Crippen LogP contribution in [0, 0.1) is 13.8 Å². The van der Waals surface area contributed by atoms with E-state index in [0.717, 1.165) is 16.9 Å². The van der Waals surface area contributed by atoms with E-state index in [-0.39, 0.29) is 5.91 Å². The summed E-state index contributed by atoms with van der Waals surface area (Å²) in [6.45, 7) is 5.33. The molecule has 150 valence electrons. The monoisotopic (exact) mass is 418 g/mol. The first-order chi connectivity index (χ1) is 13.4. The van der Waals surface area contributed by atoms with E-state index in [9.17, 15) is 13.2 Å². The van der Waals surface area contributed by atoms with E-state index in [4.69, 9.17) is 0 Å². The minimum absolute atomic E-state index is 0.0736. The Morgan fingerprint density at radius 3 is 2.32 bits per heavy atom. The molecule has 7 heteroatoms. The third-order valence-electron chi connectivity index (χ3n) is 4.88. The zero-order valence-electron chi connectivity index (χ0n) is 16.3. The molecule has 0 unspecified atom stereocenters. The summed E-state index contributed by atoms with van der Waals surface area (Å²) in [6.07, 6.45) is 0. The number of carbonyl (C=O) groups excluding carboxylic acids is 1. The molecule has 5 nitrogen and oxygen atoms in total. The molecule has 1 fully saturated rings. The van der Waals surface area contributed by atoms with Crippen LogP contribution in [0.3, 0.4) is 0 Å². The van der Waals surface area contributed by atoms with Gasteiger partial charge in [0.05, 0.1) is 10.6 Å². The van der Waals surface area contributed by atoms with Crippen molar-refractivity contribution in [2.45, 2.75) is 24.5 Å². The van der Waals surface area contributed by atoms with Gasteiger partial charge in [-0.3, -0.25) is 4.79 Å². The molecule has 0 atom stereocenters. The lowest BCUT2D eigenvalue weighted by atomic mass is 10.2. The van der Waals surface area contributed by atoms with Crippen LogP contribution in [0.1, 0.15) is 16.7 Å². The SMILES string of the molecule is Cc1ccc(S(=O)(=O)N2CCN(C(=O)CSCc3ccccc3)CC2)c(C)c1. The first kappa shape index (κ1) is 20.9. The van der Waals surface area contributed by atoms with Crippen molar-refractivity contribution < 1.29 is 13.2 Å². The Balaban J connectivity index is 1.52. The summed E-state index contributed by atoms with van der Waals surface area (Å²) in [6, 6.07) is 15.4. The second-order valence-corrected chi connectivity index (χ2v) is 9.92. The molecule has 3 rings (SSSR count). The summed E-state index contributed by atoms with van der Waals surface area (Å²) in [4.78, 5) is 14.6. The van der Waals surface area contributed by atoms with Crippen LogP contribution >= 0.6 is 11.8 Å². The summed E-state index contributed by atoms with van der Waals surface area (Å²) in [5, 5.41) is 0. The lowest BCUT2D eigenvalue weighted by Gasteiger charge is -2.34. The number of hydrogen-bond donors (Lipinski definition) is 0. The van der Waals surface area contributed by atoms with Crippen LogP contribution in [0.5, 0.6) is 0 Å². The number of thioether (sulfide) groups is 1. The predicted octanol–water partition coefficient (Wildman–Crippen LogP) is 3.07. The second kappa shape index (κ2) is 9.11. The van der Waals surface area contributed by atoms with Gasteiger partial charge in [0.2, 0.25) is 15.9 Å². The number of carbonyl (C=O) groups is 1. The van der Waals surface area contributed by atoms with Crippen LogP contribution in [0.25, 0.3) is 0 Å². The van der Waals surface area contributed by atoms with Gasteiger partial charge in [0.1, 0.15) is 0 Å². The maximum Gasteiger partial charge on any atom is 0.243 e. The number of benzene rings is 2. The highest BCUT2D eigenvalue weighted by atomic mass is 32.2. The molecule has 1 saturated heterocycles. The Hall–Kier alpha value is -1.83. The van der Waals surface area contributed by atoms with E-state index in [0.29, 0.717) is 36.8 Å². The smallest absolute Gasteiger partial charge is 0.243 e. The normalized spacial score (nSPS) is 15.6. The van der Waals surface area contributed by atoms with Crippen LogP contribution < -0.4 is 0 Å². The summed E-state index contributed by atoms with van der Waals surface area (Å²) < 4.78 is 27.4. The van der Waals surface area contributed by atoms with Crippen molar-refractivity contribution >= 4 is 27.7 Å². The Morgan fingerprint density at radius 1 is 1.00 bits per heavy atom. The topological polar surface area (TPSA) is 57.7 Å². The van der Waals surface area contributed by atoms with E-state index in [1.54, 1.807) is 22.7 Å². The summed E-state index contributed by atoms with van der Waals surface area (Å²) in [7, 11) is -3.52. The minimum Gasteiger partial charge on any atom is -0.339 e. The minimum atomic E-state index is -3.52. The third kappa shape index (κ3) is 4.96. The van der Waals surface area contributed by atoms with Gasteiger partial charge in [-0.1, -0.05) is 48.0 Å². The van der Waals surface area contributed by atoms with Crippen LogP contribution in [-0.2, 0) is 20.6 Å². The van der Waals surface area contributed by atoms with Crippen LogP contribution in [0.4, 0.5) is 0 Å². The number of hydrogen-bond acceptors (Lipinski definition) is 4. The molecule has 1 aliphatic rings. The molecule has 0 aliphatic carbocycles. The fourth-order valence-corrected chi connectivity index (χ4v) is 5.84. The van der Waals surface area contributed by atoms with Gasteiger partial charge >= 0.3 is 0 Å². The van der Waals surface area contributed by atoms with Gasteiger partial charge in [-0.2, -0.15) is 4.31 Å². The Morgan fingerprint density at radius 2 is 1.68 bits per heavy atom. The van der Waals surface area contributed by atoms with Gasteiger partial charge in [0.15, 0.2) is 0 Å². The maximum absolute atomic E-state index is 12.9. The average Bonchev–Trinajstić information content (AvgIpc) is 2.68. The summed E-state index contributed by atoms with van der Waals surface area (Å²) in [5.74, 6) is 1.29. The highest BCUT2D eigenvalue weighted by molar-refractivity contribution is 7.99. The van der Waals surface area contributed by atoms with Crippen molar-refractivity contribution in [1.82, 2.24) is 9.21 Å². The highest BCUT2D eigenvalue weighted by Crippen LogP contribution is 2.22. The third-order valence-corrected chi connectivity index (χ3v) is 7.92. The molecule has 0 N–H and O–H groups in total. The van der Waals surface area contributed by atoms with E-state index in [2.05, 4.69) is 0 Å².